The van der Waals surface area contributed by atoms with Crippen molar-refractivity contribution < 1.29 is 29.6 Å². The molecule has 0 atom stereocenters. The number of carbonyl (C=O) groups is 2. The van der Waals surface area contributed by atoms with E-state index >= 15 is 0 Å². The average Bonchev–Trinajstić information content (AvgIpc) is 3.14. The molecule has 2 aromatic carbocycles. The molecule has 0 aliphatic rings. The normalized spacial score (nSPS) is 9.77. The van der Waals surface area contributed by atoms with Gasteiger partial charge in [0.1, 0.15) is 16.4 Å². The first-order chi connectivity index (χ1) is 14.1. The van der Waals surface area contributed by atoms with E-state index in [-0.39, 0.29) is 27.6 Å². The van der Waals surface area contributed by atoms with E-state index in [0.29, 0.717) is 31.9 Å². The summed E-state index contributed by atoms with van der Waals surface area (Å²) in [7, 11) is 0. The van der Waals surface area contributed by atoms with Gasteiger partial charge in [-0.3, -0.25) is 0 Å². The summed E-state index contributed by atoms with van der Waals surface area (Å²) in [6.45, 7) is 1.45. The molecule has 0 radical (unpaired) electrons. The molecule has 7 nitrogen and oxygen atoms in total. The highest BCUT2D eigenvalue weighted by molar-refractivity contribution is 8.93. The standard InChI is InChI=1S/C12H11NO3S.C8H6Cl2O3.BrH/c1-6-4-7(11(14)8(13)5-6)9-2-3-10(17-9)12(15)16;9-5-1-2-7(6(10)3-5)13-4-8(11)12;/h2-5,14H,13H2,1H3,(H,15,16);1-3H,4H2,(H,11,12);1H. The number of aliphatic carboxylic acids is 1. The minimum absolute atomic E-state index is 0. The predicted molar refractivity (Wildman–Crippen MR) is 127 cm³/mol. The van der Waals surface area contributed by atoms with Crippen molar-refractivity contribution in [3.63, 3.8) is 0 Å². The number of aromatic hydroxyl groups is 1. The van der Waals surface area contributed by atoms with Crippen LogP contribution in [0.25, 0.3) is 10.4 Å². The van der Waals surface area contributed by atoms with Crippen LogP contribution in [0.15, 0.2) is 42.5 Å². The first kappa shape index (κ1) is 26.6. The second-order valence-corrected chi connectivity index (χ2v) is 7.90. The number of nitrogens with two attached hydrogens (primary N) is 1. The molecule has 0 bridgehead atoms. The number of phenols is 1. The Bertz CT molecular complexity index is 1090. The fourth-order valence-electron chi connectivity index (χ4n) is 2.32. The SMILES string of the molecule is Br.Cc1cc(N)c(O)c(-c2ccc(C(=O)O)s2)c1.O=C(O)COc1ccc(Cl)cc1Cl. The van der Waals surface area contributed by atoms with E-state index in [1.54, 1.807) is 24.3 Å². The van der Waals surface area contributed by atoms with E-state index in [2.05, 4.69) is 0 Å². The highest BCUT2D eigenvalue weighted by atomic mass is 79.9. The molecule has 166 valence electrons. The van der Waals surface area contributed by atoms with E-state index in [1.165, 1.54) is 18.2 Å². The Labute approximate surface area is 202 Å². The van der Waals surface area contributed by atoms with Crippen LogP contribution in [0, 0.1) is 6.92 Å². The fourth-order valence-corrected chi connectivity index (χ4v) is 3.65. The van der Waals surface area contributed by atoms with E-state index in [4.69, 9.17) is 43.9 Å². The van der Waals surface area contributed by atoms with Gasteiger partial charge in [-0.2, -0.15) is 0 Å². The smallest absolute Gasteiger partial charge is 0.345 e. The molecule has 1 aromatic heterocycles. The lowest BCUT2D eigenvalue weighted by Gasteiger charge is -2.06. The molecule has 0 aliphatic carbocycles. The zero-order chi connectivity index (χ0) is 22.4. The van der Waals surface area contributed by atoms with E-state index in [1.807, 2.05) is 6.92 Å². The molecule has 0 spiro atoms. The molecular formula is C20H18BrCl2NO6S. The summed E-state index contributed by atoms with van der Waals surface area (Å²) in [4.78, 5) is 21.9. The van der Waals surface area contributed by atoms with Crippen LogP contribution < -0.4 is 10.5 Å². The molecule has 5 N–H and O–H groups in total. The van der Waals surface area contributed by atoms with Crippen LogP contribution in [0.3, 0.4) is 0 Å². The number of halogens is 3. The zero-order valence-corrected chi connectivity index (χ0v) is 20.0. The van der Waals surface area contributed by atoms with Gasteiger partial charge in [-0.15, -0.1) is 28.3 Å². The Hall–Kier alpha value is -2.46. The van der Waals surface area contributed by atoms with Gasteiger partial charge in [0.2, 0.25) is 0 Å². The lowest BCUT2D eigenvalue weighted by atomic mass is 10.1. The van der Waals surface area contributed by atoms with Gasteiger partial charge in [0.25, 0.3) is 0 Å². The van der Waals surface area contributed by atoms with Crippen LogP contribution in [-0.2, 0) is 4.79 Å². The van der Waals surface area contributed by atoms with Gasteiger partial charge >= 0.3 is 11.9 Å². The molecule has 3 aromatic rings. The summed E-state index contributed by atoms with van der Waals surface area (Å²) in [5, 5.41) is 27.8. The van der Waals surface area contributed by atoms with Gasteiger partial charge in [-0.1, -0.05) is 23.2 Å². The molecular weight excluding hydrogens is 533 g/mol. The lowest BCUT2D eigenvalue weighted by Crippen LogP contribution is -2.09. The third-order valence-corrected chi connectivity index (χ3v) is 5.25. The van der Waals surface area contributed by atoms with E-state index in [0.717, 1.165) is 16.9 Å². The number of benzene rings is 2. The number of aryl methyl sites for hydroxylation is 1. The predicted octanol–water partition coefficient (Wildman–Crippen LogP) is 5.74. The quantitative estimate of drug-likeness (QED) is 0.235. The maximum absolute atomic E-state index is 10.8. The number of rotatable bonds is 5. The minimum atomic E-state index is -1.05. The largest absolute Gasteiger partial charge is 0.505 e. The molecule has 0 aliphatic heterocycles. The first-order valence-corrected chi connectivity index (χ1v) is 9.88. The van der Waals surface area contributed by atoms with Crippen LogP contribution in [-0.4, -0.2) is 33.9 Å². The summed E-state index contributed by atoms with van der Waals surface area (Å²) in [5.41, 5.74) is 7.45. The first-order valence-electron chi connectivity index (χ1n) is 8.30. The van der Waals surface area contributed by atoms with Crippen molar-refractivity contribution in [3.8, 4) is 21.9 Å². The number of hydrogen-bond acceptors (Lipinski definition) is 6. The third-order valence-electron chi connectivity index (χ3n) is 3.61. The Morgan fingerprint density at radius 3 is 2.32 bits per heavy atom. The molecule has 0 saturated heterocycles. The number of carboxylic acid groups (broad SMARTS) is 2. The Kier molecular flexibility index (Phi) is 10.1. The Morgan fingerprint density at radius 1 is 1.10 bits per heavy atom. The van der Waals surface area contributed by atoms with Gasteiger partial charge in [0.15, 0.2) is 6.61 Å². The van der Waals surface area contributed by atoms with Crippen LogP contribution >= 0.6 is 51.5 Å². The number of anilines is 1. The van der Waals surface area contributed by atoms with Crippen molar-refractivity contribution in [2.75, 3.05) is 12.3 Å². The summed E-state index contributed by atoms with van der Waals surface area (Å²) in [5.74, 6) is -1.71. The van der Waals surface area contributed by atoms with Gasteiger partial charge in [0.05, 0.1) is 10.7 Å². The fraction of sp³-hybridized carbons (Fsp3) is 0.100. The monoisotopic (exact) mass is 549 g/mol. The minimum Gasteiger partial charge on any atom is -0.505 e. The molecule has 11 heteroatoms. The molecule has 31 heavy (non-hydrogen) atoms. The van der Waals surface area contributed by atoms with Gasteiger partial charge < -0.3 is 25.8 Å². The summed E-state index contributed by atoms with van der Waals surface area (Å²) in [6.07, 6.45) is 0. The second-order valence-electron chi connectivity index (χ2n) is 5.98. The van der Waals surface area contributed by atoms with Crippen molar-refractivity contribution in [1.82, 2.24) is 0 Å². The maximum Gasteiger partial charge on any atom is 0.345 e. The molecule has 0 unspecified atom stereocenters. The van der Waals surface area contributed by atoms with Crippen molar-refractivity contribution in [2.24, 2.45) is 0 Å². The lowest BCUT2D eigenvalue weighted by molar-refractivity contribution is -0.139. The number of ether oxygens (including phenoxy) is 1. The van der Waals surface area contributed by atoms with Crippen LogP contribution in [0.1, 0.15) is 15.2 Å². The van der Waals surface area contributed by atoms with Gasteiger partial charge in [-0.25, -0.2) is 9.59 Å². The Morgan fingerprint density at radius 2 is 1.77 bits per heavy atom. The topological polar surface area (TPSA) is 130 Å². The highest BCUT2D eigenvalue weighted by Gasteiger charge is 2.13. The molecule has 1 heterocycles. The number of aromatic carboxylic acids is 1. The van der Waals surface area contributed by atoms with Crippen molar-refractivity contribution >= 4 is 69.1 Å². The van der Waals surface area contributed by atoms with E-state index < -0.39 is 18.5 Å². The number of thiophene rings is 1. The number of phenolic OH excluding ortho intramolecular Hbond substituents is 1. The highest BCUT2D eigenvalue weighted by Crippen LogP contribution is 2.38. The summed E-state index contributed by atoms with van der Waals surface area (Å²) >= 11 is 12.4. The Balaban J connectivity index is 0.000000311. The van der Waals surface area contributed by atoms with Crippen LogP contribution in [0.2, 0.25) is 10.0 Å². The average molecular weight is 551 g/mol. The second kappa shape index (κ2) is 11.8. The van der Waals surface area contributed by atoms with E-state index in [9.17, 15) is 14.7 Å². The van der Waals surface area contributed by atoms with Crippen molar-refractivity contribution in [3.05, 3.63) is 63.0 Å². The molecule has 0 fully saturated rings. The van der Waals surface area contributed by atoms with Crippen molar-refractivity contribution in [2.45, 2.75) is 6.92 Å². The summed E-state index contributed by atoms with van der Waals surface area (Å²) < 4.78 is 4.86. The van der Waals surface area contributed by atoms with Gasteiger partial charge in [0, 0.05) is 15.5 Å². The number of hydrogen-bond donors (Lipinski definition) is 4. The van der Waals surface area contributed by atoms with Gasteiger partial charge in [-0.05, 0) is 55.0 Å². The zero-order valence-electron chi connectivity index (χ0n) is 16.0. The third kappa shape index (κ3) is 7.62. The van der Waals surface area contributed by atoms with Crippen LogP contribution in [0.4, 0.5) is 5.69 Å². The molecule has 3 rings (SSSR count). The number of nitrogen functional groups attached to an aromatic ring is 1. The van der Waals surface area contributed by atoms with Crippen molar-refractivity contribution in [1.29, 1.82) is 0 Å². The summed E-state index contributed by atoms with van der Waals surface area (Å²) in [6, 6.07) is 11.2. The van der Waals surface area contributed by atoms with Crippen LogP contribution in [0.5, 0.6) is 11.5 Å². The number of carboxylic acids is 2. The molecule has 0 saturated carbocycles. The molecule has 0 amide bonds. The maximum atomic E-state index is 10.8.